The molecule has 8 heteroatoms. The second kappa shape index (κ2) is 8.71. The average Bonchev–Trinajstić information content (AvgIpc) is 3.48. The Bertz CT molecular complexity index is 1090. The Morgan fingerprint density at radius 2 is 1.83 bits per heavy atom. The maximum atomic E-state index is 12.5. The molecule has 7 nitrogen and oxygen atoms in total. The quantitative estimate of drug-likeness (QED) is 0.571. The molecular formula is C22H23N5O2S. The number of para-hydroxylation sites is 1. The number of rotatable bonds is 7. The lowest BCUT2D eigenvalue weighted by atomic mass is 10.1. The molecule has 1 aliphatic carbocycles. The average molecular weight is 422 g/mol. The molecular weight excluding hydrogens is 398 g/mol. The van der Waals surface area contributed by atoms with Crippen molar-refractivity contribution in [3.8, 4) is 11.4 Å². The van der Waals surface area contributed by atoms with E-state index in [1.807, 2.05) is 42.8 Å². The summed E-state index contributed by atoms with van der Waals surface area (Å²) in [7, 11) is 1.89. The van der Waals surface area contributed by atoms with Gasteiger partial charge in [-0.1, -0.05) is 48.2 Å². The molecule has 0 spiro atoms. The summed E-state index contributed by atoms with van der Waals surface area (Å²) in [4.78, 5) is 24.9. The van der Waals surface area contributed by atoms with Gasteiger partial charge in [0, 0.05) is 18.7 Å². The number of carbonyl (C=O) groups excluding carboxylic acids is 2. The van der Waals surface area contributed by atoms with Crippen LogP contribution < -0.4 is 10.6 Å². The van der Waals surface area contributed by atoms with Crippen molar-refractivity contribution < 1.29 is 9.59 Å². The summed E-state index contributed by atoms with van der Waals surface area (Å²) in [6, 6.07) is 15.3. The number of benzene rings is 2. The van der Waals surface area contributed by atoms with Crippen molar-refractivity contribution in [2.45, 2.75) is 31.0 Å². The number of aromatic nitrogens is 3. The zero-order valence-electron chi connectivity index (χ0n) is 16.9. The lowest BCUT2D eigenvalue weighted by Gasteiger charge is -2.11. The van der Waals surface area contributed by atoms with Crippen LogP contribution in [0.4, 0.5) is 5.69 Å². The topological polar surface area (TPSA) is 88.9 Å². The molecule has 154 valence electrons. The Morgan fingerprint density at radius 3 is 2.60 bits per heavy atom. The van der Waals surface area contributed by atoms with E-state index in [0.717, 1.165) is 29.8 Å². The van der Waals surface area contributed by atoms with Gasteiger partial charge >= 0.3 is 0 Å². The summed E-state index contributed by atoms with van der Waals surface area (Å²) in [6.45, 7) is 2.03. The van der Waals surface area contributed by atoms with Gasteiger partial charge in [-0.2, -0.15) is 0 Å². The fraction of sp³-hybridized carbons (Fsp3) is 0.273. The number of aryl methyl sites for hydroxylation is 1. The minimum absolute atomic E-state index is 0.155. The van der Waals surface area contributed by atoms with Gasteiger partial charge in [-0.15, -0.1) is 10.2 Å². The Balaban J connectivity index is 1.40. The lowest BCUT2D eigenvalue weighted by Crippen LogP contribution is -2.27. The number of anilines is 1. The minimum atomic E-state index is -0.202. The third-order valence-corrected chi connectivity index (χ3v) is 5.93. The van der Waals surface area contributed by atoms with E-state index >= 15 is 0 Å². The molecule has 1 heterocycles. The van der Waals surface area contributed by atoms with Crippen LogP contribution in [0.5, 0.6) is 0 Å². The molecule has 3 aromatic rings. The third kappa shape index (κ3) is 4.54. The first kappa shape index (κ1) is 20.2. The van der Waals surface area contributed by atoms with Gasteiger partial charge in [0.2, 0.25) is 5.91 Å². The minimum Gasteiger partial charge on any atom is -0.349 e. The van der Waals surface area contributed by atoms with E-state index in [4.69, 9.17) is 0 Å². The molecule has 30 heavy (non-hydrogen) atoms. The Hall–Kier alpha value is -3.13. The summed E-state index contributed by atoms with van der Waals surface area (Å²) in [5.74, 6) is 0.570. The van der Waals surface area contributed by atoms with Crippen molar-refractivity contribution in [1.82, 2.24) is 20.1 Å². The summed E-state index contributed by atoms with van der Waals surface area (Å²) in [6.07, 6.45) is 2.03. The molecule has 2 amide bonds. The second-order valence-corrected chi connectivity index (χ2v) is 8.25. The summed E-state index contributed by atoms with van der Waals surface area (Å²) < 4.78 is 1.89. The van der Waals surface area contributed by atoms with Crippen LogP contribution in [0.2, 0.25) is 0 Å². The number of thioether (sulfide) groups is 1. The van der Waals surface area contributed by atoms with Gasteiger partial charge in [-0.05, 0) is 37.5 Å². The number of nitrogens with zero attached hydrogens (tertiary/aromatic N) is 3. The molecule has 1 fully saturated rings. The van der Waals surface area contributed by atoms with Gasteiger partial charge in [0.15, 0.2) is 11.0 Å². The normalized spacial score (nSPS) is 13.1. The van der Waals surface area contributed by atoms with Crippen molar-refractivity contribution >= 4 is 29.3 Å². The highest BCUT2D eigenvalue weighted by Crippen LogP contribution is 2.25. The van der Waals surface area contributed by atoms with Gasteiger partial charge < -0.3 is 15.2 Å². The number of amides is 2. The van der Waals surface area contributed by atoms with E-state index in [2.05, 4.69) is 20.8 Å². The maximum absolute atomic E-state index is 12.5. The zero-order valence-corrected chi connectivity index (χ0v) is 17.7. The first-order chi connectivity index (χ1) is 14.5. The number of hydrogen-bond donors (Lipinski definition) is 2. The van der Waals surface area contributed by atoms with Crippen molar-refractivity contribution in [2.24, 2.45) is 7.05 Å². The zero-order chi connectivity index (χ0) is 21.1. The third-order valence-electron chi connectivity index (χ3n) is 4.91. The largest absolute Gasteiger partial charge is 0.349 e. The number of nitrogens with one attached hydrogen (secondary N) is 2. The van der Waals surface area contributed by atoms with Crippen LogP contribution in [0.25, 0.3) is 11.4 Å². The van der Waals surface area contributed by atoms with E-state index in [1.165, 1.54) is 11.8 Å². The van der Waals surface area contributed by atoms with Gasteiger partial charge in [0.1, 0.15) is 0 Å². The fourth-order valence-electron chi connectivity index (χ4n) is 3.10. The van der Waals surface area contributed by atoms with Crippen LogP contribution in [-0.2, 0) is 11.8 Å². The molecule has 0 aliphatic heterocycles. The van der Waals surface area contributed by atoms with E-state index in [0.29, 0.717) is 16.4 Å². The molecule has 1 aromatic heterocycles. The van der Waals surface area contributed by atoms with E-state index in [-0.39, 0.29) is 23.6 Å². The summed E-state index contributed by atoms with van der Waals surface area (Å²) in [5, 5.41) is 15.0. The Kier molecular flexibility index (Phi) is 5.85. The molecule has 2 aromatic carbocycles. The van der Waals surface area contributed by atoms with Gasteiger partial charge in [0.25, 0.3) is 5.91 Å². The first-order valence-electron chi connectivity index (χ1n) is 9.81. The van der Waals surface area contributed by atoms with Crippen LogP contribution >= 0.6 is 11.8 Å². The molecule has 2 N–H and O–H groups in total. The molecule has 0 atom stereocenters. The standard InChI is InChI=1S/C22H23N5O2S/c1-14-7-3-4-8-16(14)20-25-26-22(27(20)2)30-13-19(28)24-18-10-6-5-9-17(18)21(29)23-15-11-12-15/h3-10,15H,11-13H2,1-2H3,(H,23,29)(H,24,28). The van der Waals surface area contributed by atoms with Crippen LogP contribution in [0.15, 0.2) is 53.7 Å². The fourth-order valence-corrected chi connectivity index (χ4v) is 3.81. The van der Waals surface area contributed by atoms with Crippen molar-refractivity contribution in [3.05, 3.63) is 59.7 Å². The molecule has 1 saturated carbocycles. The molecule has 1 aliphatic rings. The highest BCUT2D eigenvalue weighted by atomic mass is 32.2. The molecule has 0 bridgehead atoms. The Labute approximate surface area is 179 Å². The second-order valence-electron chi connectivity index (χ2n) is 7.31. The van der Waals surface area contributed by atoms with E-state index in [1.54, 1.807) is 24.3 Å². The summed E-state index contributed by atoms with van der Waals surface area (Å²) in [5.41, 5.74) is 3.12. The monoisotopic (exact) mass is 421 g/mol. The van der Waals surface area contributed by atoms with E-state index < -0.39 is 0 Å². The highest BCUT2D eigenvalue weighted by molar-refractivity contribution is 7.99. The van der Waals surface area contributed by atoms with Crippen LogP contribution in [0.1, 0.15) is 28.8 Å². The summed E-state index contributed by atoms with van der Waals surface area (Å²) >= 11 is 1.31. The maximum Gasteiger partial charge on any atom is 0.253 e. The first-order valence-corrected chi connectivity index (χ1v) is 10.8. The van der Waals surface area contributed by atoms with Gasteiger partial charge in [-0.3, -0.25) is 9.59 Å². The molecule has 0 radical (unpaired) electrons. The van der Waals surface area contributed by atoms with Gasteiger partial charge in [0.05, 0.1) is 17.0 Å². The lowest BCUT2D eigenvalue weighted by molar-refractivity contribution is -0.113. The number of hydrogen-bond acceptors (Lipinski definition) is 5. The smallest absolute Gasteiger partial charge is 0.253 e. The Morgan fingerprint density at radius 1 is 1.10 bits per heavy atom. The van der Waals surface area contributed by atoms with Crippen LogP contribution in [0.3, 0.4) is 0 Å². The predicted octanol–water partition coefficient (Wildman–Crippen LogP) is 3.41. The highest BCUT2D eigenvalue weighted by Gasteiger charge is 2.25. The van der Waals surface area contributed by atoms with Gasteiger partial charge in [-0.25, -0.2) is 0 Å². The molecule has 0 unspecified atom stereocenters. The predicted molar refractivity (Wildman–Crippen MR) is 117 cm³/mol. The molecule has 4 rings (SSSR count). The van der Waals surface area contributed by atoms with E-state index in [9.17, 15) is 9.59 Å². The van der Waals surface area contributed by atoms with Crippen molar-refractivity contribution in [1.29, 1.82) is 0 Å². The number of carbonyl (C=O) groups is 2. The van der Waals surface area contributed by atoms with Crippen molar-refractivity contribution in [2.75, 3.05) is 11.1 Å². The van der Waals surface area contributed by atoms with Crippen molar-refractivity contribution in [3.63, 3.8) is 0 Å². The molecule has 0 saturated heterocycles. The van der Waals surface area contributed by atoms with Crippen LogP contribution in [-0.4, -0.2) is 38.4 Å². The van der Waals surface area contributed by atoms with Crippen LogP contribution in [0, 0.1) is 6.92 Å². The SMILES string of the molecule is Cc1ccccc1-c1nnc(SCC(=O)Nc2ccccc2C(=O)NC2CC2)n1C.